The first-order chi connectivity index (χ1) is 11.7. The fourth-order valence-corrected chi connectivity index (χ4v) is 3.29. The lowest BCUT2D eigenvalue weighted by Crippen LogP contribution is -2.29. The van der Waals surface area contributed by atoms with Gasteiger partial charge in [-0.05, 0) is 50.2 Å². The average molecular weight is 325 g/mol. The number of aromatic hydroxyl groups is 1. The normalized spacial score (nSPS) is 19.5. The van der Waals surface area contributed by atoms with E-state index in [0.717, 1.165) is 13.1 Å². The van der Waals surface area contributed by atoms with Gasteiger partial charge in [0.05, 0.1) is 17.4 Å². The maximum Gasteiger partial charge on any atom is 0.232 e. The summed E-state index contributed by atoms with van der Waals surface area (Å²) in [5.41, 5.74) is 1.18. The SMILES string of the molecule is O=C1/C(=C\c2ccco2)Oc2c1ccc(O)c2CN1CCCCC1. The number of phenols is 1. The van der Waals surface area contributed by atoms with Gasteiger partial charge in [0.25, 0.3) is 0 Å². The maximum absolute atomic E-state index is 12.5. The van der Waals surface area contributed by atoms with Crippen molar-refractivity contribution in [1.82, 2.24) is 4.90 Å². The monoisotopic (exact) mass is 325 g/mol. The number of furan rings is 1. The van der Waals surface area contributed by atoms with Crippen molar-refractivity contribution in [2.75, 3.05) is 13.1 Å². The molecule has 1 aromatic heterocycles. The molecule has 0 amide bonds. The number of ether oxygens (including phenoxy) is 1. The number of carbonyl (C=O) groups excluding carboxylic acids is 1. The topological polar surface area (TPSA) is 62.9 Å². The molecule has 2 aliphatic heterocycles. The summed E-state index contributed by atoms with van der Waals surface area (Å²) in [4.78, 5) is 14.8. The van der Waals surface area contributed by atoms with Gasteiger partial charge >= 0.3 is 0 Å². The van der Waals surface area contributed by atoms with E-state index in [2.05, 4.69) is 4.90 Å². The van der Waals surface area contributed by atoms with Crippen molar-refractivity contribution in [2.24, 2.45) is 0 Å². The van der Waals surface area contributed by atoms with Crippen LogP contribution in [-0.4, -0.2) is 28.9 Å². The lowest BCUT2D eigenvalue weighted by Gasteiger charge is -2.27. The van der Waals surface area contributed by atoms with E-state index >= 15 is 0 Å². The first kappa shape index (κ1) is 15.0. The number of hydrogen-bond donors (Lipinski definition) is 1. The molecule has 0 atom stereocenters. The second-order valence-corrected chi connectivity index (χ2v) is 6.23. The van der Waals surface area contributed by atoms with Gasteiger partial charge in [-0.1, -0.05) is 6.42 Å². The second kappa shape index (κ2) is 6.17. The van der Waals surface area contributed by atoms with E-state index in [9.17, 15) is 9.90 Å². The number of allylic oxidation sites excluding steroid dienone is 1. The van der Waals surface area contributed by atoms with Crippen molar-refractivity contribution in [3.05, 3.63) is 53.2 Å². The van der Waals surface area contributed by atoms with Crippen LogP contribution in [0.5, 0.6) is 11.5 Å². The number of likely N-dealkylation sites (tertiary alicyclic amines) is 1. The molecule has 1 fully saturated rings. The van der Waals surface area contributed by atoms with E-state index in [-0.39, 0.29) is 17.3 Å². The van der Waals surface area contributed by atoms with Crippen LogP contribution in [0.25, 0.3) is 6.08 Å². The van der Waals surface area contributed by atoms with Gasteiger partial charge in [0.1, 0.15) is 17.3 Å². The van der Waals surface area contributed by atoms with E-state index in [1.165, 1.54) is 19.3 Å². The highest BCUT2D eigenvalue weighted by Crippen LogP contribution is 2.40. The standard InChI is InChI=1S/C19H19NO4/c21-16-7-6-14-18(22)17(11-13-5-4-10-23-13)24-19(14)15(16)12-20-8-2-1-3-9-20/h4-7,10-11,21H,1-3,8-9,12H2/b17-11+. The molecular weight excluding hydrogens is 306 g/mol. The lowest BCUT2D eigenvalue weighted by molar-refractivity contribution is 0.101. The second-order valence-electron chi connectivity index (χ2n) is 6.23. The highest BCUT2D eigenvalue weighted by atomic mass is 16.5. The molecule has 124 valence electrons. The zero-order valence-corrected chi connectivity index (χ0v) is 13.3. The summed E-state index contributed by atoms with van der Waals surface area (Å²) in [6.07, 6.45) is 6.72. The predicted octanol–water partition coefficient (Wildman–Crippen LogP) is 3.59. The molecule has 1 aromatic carbocycles. The number of nitrogens with zero attached hydrogens (tertiary/aromatic N) is 1. The third kappa shape index (κ3) is 2.71. The van der Waals surface area contributed by atoms with Crippen LogP contribution in [0, 0.1) is 0 Å². The smallest absolute Gasteiger partial charge is 0.232 e. The predicted molar refractivity (Wildman–Crippen MR) is 88.9 cm³/mol. The van der Waals surface area contributed by atoms with Crippen LogP contribution in [-0.2, 0) is 6.54 Å². The highest BCUT2D eigenvalue weighted by Gasteiger charge is 2.32. The molecule has 5 nitrogen and oxygen atoms in total. The van der Waals surface area contributed by atoms with Crippen molar-refractivity contribution in [2.45, 2.75) is 25.8 Å². The molecule has 0 bridgehead atoms. The number of hydrogen-bond acceptors (Lipinski definition) is 5. The van der Waals surface area contributed by atoms with Crippen molar-refractivity contribution in [3.8, 4) is 11.5 Å². The van der Waals surface area contributed by atoms with E-state index in [1.807, 2.05) is 0 Å². The summed E-state index contributed by atoms with van der Waals surface area (Å²) in [6.45, 7) is 2.61. The molecule has 1 saturated heterocycles. The van der Waals surface area contributed by atoms with Crippen LogP contribution in [0.2, 0.25) is 0 Å². The quantitative estimate of drug-likeness (QED) is 0.874. The molecule has 4 rings (SSSR count). The van der Waals surface area contributed by atoms with Gasteiger partial charge in [0.2, 0.25) is 5.78 Å². The number of benzene rings is 1. The first-order valence-electron chi connectivity index (χ1n) is 8.27. The molecule has 2 aliphatic rings. The Morgan fingerprint density at radius 3 is 2.75 bits per heavy atom. The van der Waals surface area contributed by atoms with Gasteiger partial charge in [-0.2, -0.15) is 0 Å². The summed E-state index contributed by atoms with van der Waals surface area (Å²) in [7, 11) is 0. The molecular formula is C19H19NO4. The van der Waals surface area contributed by atoms with Crippen LogP contribution < -0.4 is 4.74 Å². The number of carbonyl (C=O) groups is 1. The number of ketones is 1. The first-order valence-corrected chi connectivity index (χ1v) is 8.27. The Bertz CT molecular complexity index is 786. The van der Waals surface area contributed by atoms with Crippen LogP contribution in [0.4, 0.5) is 0 Å². The van der Waals surface area contributed by atoms with Crippen LogP contribution in [0.1, 0.15) is 40.9 Å². The summed E-state index contributed by atoms with van der Waals surface area (Å²) >= 11 is 0. The zero-order chi connectivity index (χ0) is 16.5. The average Bonchev–Trinajstić information content (AvgIpc) is 3.21. The Morgan fingerprint density at radius 1 is 1.17 bits per heavy atom. The lowest BCUT2D eigenvalue weighted by atomic mass is 10.0. The fourth-order valence-electron chi connectivity index (χ4n) is 3.29. The largest absolute Gasteiger partial charge is 0.507 e. The third-order valence-corrected chi connectivity index (χ3v) is 4.56. The van der Waals surface area contributed by atoms with Crippen molar-refractivity contribution in [3.63, 3.8) is 0 Å². The van der Waals surface area contributed by atoms with E-state index in [0.29, 0.717) is 29.2 Å². The maximum atomic E-state index is 12.5. The Kier molecular flexibility index (Phi) is 3.86. The van der Waals surface area contributed by atoms with Gasteiger partial charge in [0.15, 0.2) is 5.76 Å². The minimum absolute atomic E-state index is 0.173. The molecule has 0 unspecified atom stereocenters. The molecule has 5 heteroatoms. The van der Waals surface area contributed by atoms with Gasteiger partial charge in [-0.3, -0.25) is 9.69 Å². The van der Waals surface area contributed by atoms with Gasteiger partial charge < -0.3 is 14.3 Å². The Morgan fingerprint density at radius 2 is 2.00 bits per heavy atom. The van der Waals surface area contributed by atoms with E-state index in [1.54, 1.807) is 36.6 Å². The number of fused-ring (bicyclic) bond motifs is 1. The molecule has 0 saturated carbocycles. The number of Topliss-reactive ketones (excluding diaryl/α,β-unsaturated/α-hetero) is 1. The zero-order valence-electron chi connectivity index (χ0n) is 13.3. The number of piperidine rings is 1. The summed E-state index contributed by atoms with van der Waals surface area (Å²) in [5.74, 6) is 1.26. The van der Waals surface area contributed by atoms with E-state index in [4.69, 9.17) is 9.15 Å². The van der Waals surface area contributed by atoms with Crippen molar-refractivity contribution < 1.29 is 19.1 Å². The molecule has 0 spiro atoms. The molecule has 0 aliphatic carbocycles. The molecule has 3 heterocycles. The Labute approximate surface area is 140 Å². The molecule has 2 aromatic rings. The van der Waals surface area contributed by atoms with Crippen LogP contribution >= 0.6 is 0 Å². The molecule has 24 heavy (non-hydrogen) atoms. The van der Waals surface area contributed by atoms with Crippen LogP contribution in [0.3, 0.4) is 0 Å². The van der Waals surface area contributed by atoms with Crippen molar-refractivity contribution >= 4 is 11.9 Å². The summed E-state index contributed by atoms with van der Waals surface area (Å²) in [6, 6.07) is 6.72. The van der Waals surface area contributed by atoms with Gasteiger partial charge in [0, 0.05) is 12.6 Å². The number of phenolic OH excluding ortho intramolecular Hbond substituents is 1. The minimum Gasteiger partial charge on any atom is -0.507 e. The van der Waals surface area contributed by atoms with Gasteiger partial charge in [-0.15, -0.1) is 0 Å². The minimum atomic E-state index is -0.179. The summed E-state index contributed by atoms with van der Waals surface area (Å²) in [5, 5.41) is 10.3. The highest BCUT2D eigenvalue weighted by molar-refractivity contribution is 6.14. The third-order valence-electron chi connectivity index (χ3n) is 4.56. The van der Waals surface area contributed by atoms with Crippen molar-refractivity contribution in [1.29, 1.82) is 0 Å². The van der Waals surface area contributed by atoms with E-state index < -0.39 is 0 Å². The Balaban J connectivity index is 1.66. The number of rotatable bonds is 3. The molecule has 1 N–H and O–H groups in total. The summed E-state index contributed by atoms with van der Waals surface area (Å²) < 4.78 is 11.1. The molecule has 0 radical (unpaired) electrons. The Hall–Kier alpha value is -2.53. The fraction of sp³-hybridized carbons (Fsp3) is 0.316. The van der Waals surface area contributed by atoms with Gasteiger partial charge in [-0.25, -0.2) is 0 Å². The van der Waals surface area contributed by atoms with Crippen LogP contribution in [0.15, 0.2) is 40.7 Å².